The molecule has 12 heteroatoms. The Labute approximate surface area is 211 Å². The highest BCUT2D eigenvalue weighted by Gasteiger charge is 2.35. The molecule has 5 heterocycles. The van der Waals surface area contributed by atoms with Gasteiger partial charge in [-0.15, -0.1) is 0 Å². The van der Waals surface area contributed by atoms with E-state index in [0.29, 0.717) is 42.3 Å². The van der Waals surface area contributed by atoms with Crippen molar-refractivity contribution in [2.24, 2.45) is 0 Å². The molecular formula is C25H26F3N5O4. The van der Waals surface area contributed by atoms with Crippen LogP contribution in [0.2, 0.25) is 0 Å². The van der Waals surface area contributed by atoms with E-state index in [-0.39, 0.29) is 17.2 Å². The minimum atomic E-state index is -4.74. The van der Waals surface area contributed by atoms with Crippen LogP contribution in [-0.4, -0.2) is 43.2 Å². The first-order valence-corrected chi connectivity index (χ1v) is 11.6. The number of ether oxygens (including phenoxy) is 3. The number of carbonyl (C=O) groups is 1. The van der Waals surface area contributed by atoms with Crippen molar-refractivity contribution < 1.29 is 32.2 Å². The molecule has 4 aliphatic heterocycles. The summed E-state index contributed by atoms with van der Waals surface area (Å²) in [7, 11) is 2.92. The zero-order chi connectivity index (χ0) is 26.4. The van der Waals surface area contributed by atoms with E-state index < -0.39 is 23.5 Å². The first-order valence-electron chi connectivity index (χ1n) is 11.6. The van der Waals surface area contributed by atoms with Crippen molar-refractivity contribution in [3.63, 3.8) is 0 Å². The summed E-state index contributed by atoms with van der Waals surface area (Å²) in [6, 6.07) is 9.55. The fraction of sp³-hybridized carbons (Fsp3) is 0.320. The molecule has 1 amide bonds. The smallest absolute Gasteiger partial charge is 0.421 e. The first kappa shape index (κ1) is 25.9. The summed E-state index contributed by atoms with van der Waals surface area (Å²) in [5, 5.41) is 8.05. The van der Waals surface area contributed by atoms with Crippen LogP contribution in [0, 0.1) is 0 Å². The molecule has 0 saturated carbocycles. The Balaban J connectivity index is 1.78. The standard InChI is InChI=1S/C25H26F3N5O4/c1-29-23(34)17-13-16-7-8-19(17)32-22-18(25(26,27)28)14-30-24(33-22)31-15-6-9-20(21(12-15)35-2)37-11-5-3-4-10-36-16/h6-9,12-14H,3-5,10-11H2,1-2H3,(H,29,34)(H2,30,31,32,33). The molecule has 0 atom stereocenters. The van der Waals surface area contributed by atoms with E-state index >= 15 is 0 Å². The molecule has 3 aromatic rings. The third kappa shape index (κ3) is 6.32. The number of methoxy groups -OCH3 is 1. The average molecular weight is 518 g/mol. The van der Waals surface area contributed by atoms with Gasteiger partial charge in [-0.3, -0.25) is 4.79 Å². The third-order valence-corrected chi connectivity index (χ3v) is 5.54. The van der Waals surface area contributed by atoms with Crippen LogP contribution < -0.4 is 30.2 Å². The topological polar surface area (TPSA) is 107 Å². The molecule has 7 rings (SSSR count). The van der Waals surface area contributed by atoms with Crippen LogP contribution in [0.1, 0.15) is 35.2 Å². The van der Waals surface area contributed by atoms with Crippen LogP contribution in [0.5, 0.6) is 17.2 Å². The second-order valence-electron chi connectivity index (χ2n) is 8.11. The number of anilines is 4. The monoisotopic (exact) mass is 517 g/mol. The Hall–Kier alpha value is -4.22. The van der Waals surface area contributed by atoms with Gasteiger partial charge in [0.1, 0.15) is 17.1 Å². The highest BCUT2D eigenvalue weighted by Crippen LogP contribution is 2.37. The molecule has 37 heavy (non-hydrogen) atoms. The second-order valence-corrected chi connectivity index (χ2v) is 8.11. The first-order chi connectivity index (χ1) is 17.8. The SMILES string of the molecule is CNC(=O)c1cc2ccc1Nc1nc(ncc1C(F)(F)F)Nc1ccc(c(OC)c1)OCCCCCO2. The molecule has 4 aliphatic rings. The van der Waals surface area contributed by atoms with E-state index in [1.54, 1.807) is 24.3 Å². The molecule has 0 spiro atoms. The largest absolute Gasteiger partial charge is 0.494 e. The maximum absolute atomic E-state index is 13.8. The number of rotatable bonds is 2. The van der Waals surface area contributed by atoms with Crippen LogP contribution in [0.15, 0.2) is 42.6 Å². The maximum atomic E-state index is 13.8. The number of nitrogens with one attached hydrogen (secondary N) is 3. The van der Waals surface area contributed by atoms with Gasteiger partial charge in [0.25, 0.3) is 5.91 Å². The fourth-order valence-electron chi connectivity index (χ4n) is 3.66. The Morgan fingerprint density at radius 1 is 1.05 bits per heavy atom. The lowest BCUT2D eigenvalue weighted by Crippen LogP contribution is -2.20. The number of hydrogen-bond donors (Lipinski definition) is 3. The van der Waals surface area contributed by atoms with Crippen molar-refractivity contribution in [3.05, 3.63) is 53.7 Å². The predicted octanol–water partition coefficient (Wildman–Crippen LogP) is 5.29. The van der Waals surface area contributed by atoms with Crippen LogP contribution in [0.4, 0.5) is 36.3 Å². The van der Waals surface area contributed by atoms with Gasteiger partial charge in [-0.2, -0.15) is 18.2 Å². The lowest BCUT2D eigenvalue weighted by molar-refractivity contribution is -0.137. The van der Waals surface area contributed by atoms with Crippen LogP contribution >= 0.6 is 0 Å². The van der Waals surface area contributed by atoms with E-state index in [9.17, 15) is 18.0 Å². The van der Waals surface area contributed by atoms with Crippen LogP contribution in [0.3, 0.4) is 0 Å². The van der Waals surface area contributed by atoms with Gasteiger partial charge in [0, 0.05) is 25.0 Å². The summed E-state index contributed by atoms with van der Waals surface area (Å²) < 4.78 is 58.4. The predicted molar refractivity (Wildman–Crippen MR) is 131 cm³/mol. The molecule has 1 aromatic heterocycles. The fourth-order valence-corrected chi connectivity index (χ4v) is 3.66. The normalized spacial score (nSPS) is 14.0. The Kier molecular flexibility index (Phi) is 7.85. The summed E-state index contributed by atoms with van der Waals surface area (Å²) in [5.41, 5.74) is -0.384. The number of carbonyl (C=O) groups excluding carboxylic acids is 1. The molecule has 0 saturated heterocycles. The van der Waals surface area contributed by atoms with Crippen molar-refractivity contribution in [1.82, 2.24) is 15.3 Å². The van der Waals surface area contributed by atoms with Gasteiger partial charge >= 0.3 is 6.18 Å². The van der Waals surface area contributed by atoms with Gasteiger partial charge in [0.05, 0.1) is 31.6 Å². The molecule has 9 nitrogen and oxygen atoms in total. The quantitative estimate of drug-likeness (QED) is 0.421. The summed E-state index contributed by atoms with van der Waals surface area (Å²) in [4.78, 5) is 20.4. The van der Waals surface area contributed by atoms with Crippen molar-refractivity contribution >= 4 is 29.0 Å². The molecule has 0 radical (unpaired) electrons. The number of amides is 1. The van der Waals surface area contributed by atoms with Crippen molar-refractivity contribution in [2.45, 2.75) is 25.4 Å². The van der Waals surface area contributed by atoms with E-state index in [1.807, 2.05) is 0 Å². The molecule has 196 valence electrons. The van der Waals surface area contributed by atoms with Gasteiger partial charge in [0.2, 0.25) is 5.95 Å². The third-order valence-electron chi connectivity index (χ3n) is 5.54. The number of alkyl halides is 3. The van der Waals surface area contributed by atoms with Gasteiger partial charge < -0.3 is 30.2 Å². The summed E-state index contributed by atoms with van der Waals surface area (Å²) >= 11 is 0. The van der Waals surface area contributed by atoms with Gasteiger partial charge in [-0.1, -0.05) is 0 Å². The Morgan fingerprint density at radius 2 is 1.84 bits per heavy atom. The van der Waals surface area contributed by atoms with E-state index in [4.69, 9.17) is 14.2 Å². The van der Waals surface area contributed by atoms with Gasteiger partial charge in [-0.05, 0) is 49.6 Å². The Morgan fingerprint density at radius 3 is 2.57 bits per heavy atom. The maximum Gasteiger partial charge on any atom is 0.421 e. The van der Waals surface area contributed by atoms with E-state index in [1.165, 1.54) is 26.3 Å². The molecule has 0 aliphatic carbocycles. The summed E-state index contributed by atoms with van der Waals surface area (Å²) in [6.45, 7) is 0.868. The molecule has 6 bridgehead atoms. The summed E-state index contributed by atoms with van der Waals surface area (Å²) in [6.07, 6.45) is -1.68. The van der Waals surface area contributed by atoms with Gasteiger partial charge in [-0.25, -0.2) is 4.98 Å². The zero-order valence-electron chi connectivity index (χ0n) is 20.2. The Bertz CT molecular complexity index is 1270. The number of halogens is 3. The number of benzene rings is 2. The minimum absolute atomic E-state index is 0.0953. The lowest BCUT2D eigenvalue weighted by Gasteiger charge is -2.18. The average Bonchev–Trinajstić information content (AvgIpc) is 2.87. The molecule has 3 N–H and O–H groups in total. The minimum Gasteiger partial charge on any atom is -0.494 e. The van der Waals surface area contributed by atoms with Crippen molar-refractivity contribution in [1.29, 1.82) is 0 Å². The number of nitrogens with zero attached hydrogens (tertiary/aromatic N) is 2. The summed E-state index contributed by atoms with van der Waals surface area (Å²) in [5.74, 6) is 0.284. The molecular weight excluding hydrogens is 491 g/mol. The van der Waals surface area contributed by atoms with E-state index in [0.717, 1.165) is 19.3 Å². The molecule has 2 aromatic carbocycles. The highest BCUT2D eigenvalue weighted by atomic mass is 19.4. The van der Waals surface area contributed by atoms with Crippen LogP contribution in [-0.2, 0) is 6.18 Å². The number of hydrogen-bond acceptors (Lipinski definition) is 8. The van der Waals surface area contributed by atoms with Crippen molar-refractivity contribution in [3.8, 4) is 17.2 Å². The molecule has 0 fully saturated rings. The number of aromatic nitrogens is 2. The zero-order valence-corrected chi connectivity index (χ0v) is 20.2. The van der Waals surface area contributed by atoms with Crippen molar-refractivity contribution in [2.75, 3.05) is 38.0 Å². The van der Waals surface area contributed by atoms with E-state index in [2.05, 4.69) is 25.9 Å². The van der Waals surface area contributed by atoms with Crippen LogP contribution in [0.25, 0.3) is 0 Å². The van der Waals surface area contributed by atoms with Gasteiger partial charge in [0.15, 0.2) is 11.5 Å². The highest BCUT2D eigenvalue weighted by molar-refractivity contribution is 6.00. The molecule has 0 unspecified atom stereocenters. The second kappa shape index (κ2) is 11.2. The lowest BCUT2D eigenvalue weighted by atomic mass is 10.1.